The minimum atomic E-state index is -3.50. The number of aliphatic imine (C=N–C) groups is 1. The number of guanidine groups is 1. The topological polar surface area (TPSA) is 91.8 Å². The van der Waals surface area contributed by atoms with Gasteiger partial charge >= 0.3 is 0 Å². The molecule has 0 amide bonds. The van der Waals surface area contributed by atoms with Crippen LogP contribution < -0.4 is 20.1 Å². The van der Waals surface area contributed by atoms with E-state index in [1.807, 2.05) is 39.0 Å². The summed E-state index contributed by atoms with van der Waals surface area (Å²) in [5, 5.41) is 6.31. The van der Waals surface area contributed by atoms with E-state index in [1.54, 1.807) is 20.2 Å². The standard InChI is InChI=1S/C19H28N4O3S2/c1-13-6-7-16(17(10-13)26-5)12-22-19(20-4)21-8-9-23-28(24,25)18-11-14(2)27-15(18)3/h6-7,10-11,23H,8-9,12H2,1-5H3,(H2,20,21,22). The molecule has 1 aromatic heterocycles. The van der Waals surface area contributed by atoms with Gasteiger partial charge in [0.2, 0.25) is 10.0 Å². The second kappa shape index (κ2) is 9.90. The first kappa shape index (κ1) is 22.2. The molecule has 0 fully saturated rings. The second-order valence-electron chi connectivity index (χ2n) is 6.34. The minimum absolute atomic E-state index is 0.255. The summed E-state index contributed by atoms with van der Waals surface area (Å²) in [5.41, 5.74) is 2.14. The summed E-state index contributed by atoms with van der Waals surface area (Å²) in [5.74, 6) is 1.40. The molecule has 0 unspecified atom stereocenters. The van der Waals surface area contributed by atoms with Crippen LogP contribution in [0.2, 0.25) is 0 Å². The number of nitrogens with one attached hydrogen (secondary N) is 3. The molecule has 0 bridgehead atoms. The fourth-order valence-corrected chi connectivity index (χ4v) is 5.30. The van der Waals surface area contributed by atoms with Gasteiger partial charge in [-0.25, -0.2) is 13.1 Å². The van der Waals surface area contributed by atoms with Gasteiger partial charge < -0.3 is 15.4 Å². The van der Waals surface area contributed by atoms with Crippen LogP contribution in [0.4, 0.5) is 0 Å². The SMILES string of the molecule is CN=C(NCCNS(=O)(=O)c1cc(C)sc1C)NCc1ccc(C)cc1OC. The van der Waals surface area contributed by atoms with Crippen LogP contribution in [0.15, 0.2) is 34.2 Å². The maximum Gasteiger partial charge on any atom is 0.241 e. The van der Waals surface area contributed by atoms with E-state index in [-0.39, 0.29) is 6.54 Å². The average molecular weight is 425 g/mol. The van der Waals surface area contributed by atoms with Crippen LogP contribution in [-0.2, 0) is 16.6 Å². The number of rotatable bonds is 8. The maximum absolute atomic E-state index is 12.4. The Morgan fingerprint density at radius 1 is 1.14 bits per heavy atom. The molecule has 28 heavy (non-hydrogen) atoms. The van der Waals surface area contributed by atoms with Gasteiger partial charge in [0.1, 0.15) is 5.75 Å². The van der Waals surface area contributed by atoms with E-state index >= 15 is 0 Å². The van der Waals surface area contributed by atoms with Gasteiger partial charge in [-0.05, 0) is 38.5 Å². The van der Waals surface area contributed by atoms with Gasteiger partial charge in [-0.3, -0.25) is 4.99 Å². The van der Waals surface area contributed by atoms with Gasteiger partial charge in [-0.2, -0.15) is 0 Å². The predicted molar refractivity (Wildman–Crippen MR) is 115 cm³/mol. The number of aryl methyl sites for hydroxylation is 3. The summed E-state index contributed by atoms with van der Waals surface area (Å²) in [6, 6.07) is 7.72. The highest BCUT2D eigenvalue weighted by atomic mass is 32.2. The highest BCUT2D eigenvalue weighted by Crippen LogP contribution is 2.24. The van der Waals surface area contributed by atoms with Crippen molar-refractivity contribution in [2.45, 2.75) is 32.2 Å². The number of hydrogen-bond acceptors (Lipinski definition) is 5. The third kappa shape index (κ3) is 5.95. The van der Waals surface area contributed by atoms with Crippen molar-refractivity contribution in [2.24, 2.45) is 4.99 Å². The Kier molecular flexibility index (Phi) is 7.85. The van der Waals surface area contributed by atoms with Gasteiger partial charge in [0.15, 0.2) is 5.96 Å². The third-order valence-electron chi connectivity index (χ3n) is 4.11. The number of methoxy groups -OCH3 is 1. The van der Waals surface area contributed by atoms with Crippen LogP contribution >= 0.6 is 11.3 Å². The molecule has 3 N–H and O–H groups in total. The molecule has 2 rings (SSSR count). The first-order valence-corrected chi connectivity index (χ1v) is 11.2. The highest BCUT2D eigenvalue weighted by molar-refractivity contribution is 7.89. The number of benzene rings is 1. The molecule has 0 saturated carbocycles. The second-order valence-corrected chi connectivity index (χ2v) is 9.54. The molecule has 9 heteroatoms. The molecular weight excluding hydrogens is 396 g/mol. The number of hydrogen-bond donors (Lipinski definition) is 3. The molecule has 0 atom stereocenters. The normalized spacial score (nSPS) is 12.1. The van der Waals surface area contributed by atoms with E-state index in [0.29, 0.717) is 23.9 Å². The number of nitrogens with zero attached hydrogens (tertiary/aromatic N) is 1. The summed E-state index contributed by atoms with van der Waals surface area (Å²) >= 11 is 1.48. The van der Waals surface area contributed by atoms with Crippen LogP contribution in [0.25, 0.3) is 0 Å². The van der Waals surface area contributed by atoms with Crippen LogP contribution in [0, 0.1) is 20.8 Å². The van der Waals surface area contributed by atoms with Crippen LogP contribution in [0.5, 0.6) is 5.75 Å². The van der Waals surface area contributed by atoms with E-state index in [4.69, 9.17) is 4.74 Å². The zero-order valence-electron chi connectivity index (χ0n) is 16.9. The average Bonchev–Trinajstić information content (AvgIpc) is 3.01. The van der Waals surface area contributed by atoms with Gasteiger partial charge in [0, 0.05) is 42.0 Å². The lowest BCUT2D eigenvalue weighted by atomic mass is 10.1. The molecule has 2 aromatic rings. The number of ether oxygens (including phenoxy) is 1. The summed E-state index contributed by atoms with van der Waals surface area (Å²) in [6.45, 7) is 6.94. The summed E-state index contributed by atoms with van der Waals surface area (Å²) in [7, 11) is -0.183. The predicted octanol–water partition coefficient (Wildman–Crippen LogP) is 2.33. The molecule has 0 spiro atoms. The van der Waals surface area contributed by atoms with Crippen molar-refractivity contribution in [1.82, 2.24) is 15.4 Å². The quantitative estimate of drug-likeness (QED) is 0.344. The van der Waals surface area contributed by atoms with Crippen molar-refractivity contribution < 1.29 is 13.2 Å². The Labute approximate surface area is 171 Å². The van der Waals surface area contributed by atoms with Crippen molar-refractivity contribution in [3.63, 3.8) is 0 Å². The first-order chi connectivity index (χ1) is 13.3. The molecule has 1 aromatic carbocycles. The summed E-state index contributed by atoms with van der Waals surface area (Å²) in [6.07, 6.45) is 0. The summed E-state index contributed by atoms with van der Waals surface area (Å²) < 4.78 is 32.8. The molecule has 0 aliphatic carbocycles. The third-order valence-corrected chi connectivity index (χ3v) is 6.79. The Morgan fingerprint density at radius 2 is 1.89 bits per heavy atom. The zero-order chi connectivity index (χ0) is 20.7. The van der Waals surface area contributed by atoms with Gasteiger partial charge in [-0.1, -0.05) is 12.1 Å². The van der Waals surface area contributed by atoms with E-state index < -0.39 is 10.0 Å². The smallest absolute Gasteiger partial charge is 0.241 e. The lowest BCUT2D eigenvalue weighted by Gasteiger charge is -2.14. The van der Waals surface area contributed by atoms with Gasteiger partial charge in [0.25, 0.3) is 0 Å². The molecule has 0 radical (unpaired) electrons. The highest BCUT2D eigenvalue weighted by Gasteiger charge is 2.18. The molecule has 0 aliphatic rings. The van der Waals surface area contributed by atoms with Crippen LogP contribution in [-0.4, -0.2) is 41.6 Å². The lowest BCUT2D eigenvalue weighted by Crippen LogP contribution is -2.41. The fraction of sp³-hybridized carbons (Fsp3) is 0.421. The molecule has 154 valence electrons. The van der Waals surface area contributed by atoms with Crippen molar-refractivity contribution in [3.8, 4) is 5.75 Å². The molecule has 0 aliphatic heterocycles. The Bertz CT molecular complexity index is 937. The lowest BCUT2D eigenvalue weighted by molar-refractivity contribution is 0.408. The van der Waals surface area contributed by atoms with E-state index in [0.717, 1.165) is 26.6 Å². The monoisotopic (exact) mass is 424 g/mol. The van der Waals surface area contributed by atoms with E-state index in [2.05, 4.69) is 20.3 Å². The molecule has 1 heterocycles. The van der Waals surface area contributed by atoms with Crippen molar-refractivity contribution in [1.29, 1.82) is 0 Å². The van der Waals surface area contributed by atoms with E-state index in [9.17, 15) is 8.42 Å². The molecular formula is C19H28N4O3S2. The maximum atomic E-state index is 12.4. The molecule has 7 nitrogen and oxygen atoms in total. The van der Waals surface area contributed by atoms with Crippen LogP contribution in [0.3, 0.4) is 0 Å². The van der Waals surface area contributed by atoms with Crippen molar-refractivity contribution in [3.05, 3.63) is 45.1 Å². The largest absolute Gasteiger partial charge is 0.496 e. The van der Waals surface area contributed by atoms with Crippen molar-refractivity contribution >= 4 is 27.3 Å². The van der Waals surface area contributed by atoms with Gasteiger partial charge in [-0.15, -0.1) is 11.3 Å². The number of thiophene rings is 1. The number of sulfonamides is 1. The van der Waals surface area contributed by atoms with E-state index in [1.165, 1.54) is 11.3 Å². The summed E-state index contributed by atoms with van der Waals surface area (Å²) in [4.78, 5) is 6.29. The fourth-order valence-electron chi connectivity index (χ4n) is 2.72. The van der Waals surface area contributed by atoms with Crippen molar-refractivity contribution in [2.75, 3.05) is 27.2 Å². The zero-order valence-corrected chi connectivity index (χ0v) is 18.6. The van der Waals surface area contributed by atoms with Gasteiger partial charge in [0.05, 0.1) is 12.0 Å². The van der Waals surface area contributed by atoms with Crippen LogP contribution in [0.1, 0.15) is 20.9 Å². The molecule has 0 saturated heterocycles. The minimum Gasteiger partial charge on any atom is -0.496 e. The Morgan fingerprint density at radius 3 is 2.50 bits per heavy atom. The Balaban J connectivity index is 1.84. The first-order valence-electron chi connectivity index (χ1n) is 8.91. The Hall–Kier alpha value is -2.10.